The first-order valence-corrected chi connectivity index (χ1v) is 7.20. The number of hydrogen-bond donors (Lipinski definition) is 0. The van der Waals surface area contributed by atoms with E-state index in [1.807, 2.05) is 0 Å². The lowest BCUT2D eigenvalue weighted by Gasteiger charge is -2.10. The molecule has 0 aliphatic carbocycles. The Hall–Kier alpha value is 0.217. The van der Waals surface area contributed by atoms with Crippen LogP contribution in [0.5, 0.6) is 0 Å². The molecular weight excluding hydrogens is 148 g/mol. The van der Waals surface area contributed by atoms with Gasteiger partial charge in [-0.1, -0.05) is 52.6 Å². The van der Waals surface area contributed by atoms with Crippen LogP contribution in [0.1, 0.15) is 40.5 Å². The molecule has 0 saturated carbocycles. The molecule has 0 N–H and O–H groups in total. The summed E-state index contributed by atoms with van der Waals surface area (Å²) in [6.45, 7) is 9.40. The Kier molecular flexibility index (Phi) is 7.03. The molecule has 2 atom stereocenters. The average Bonchev–Trinajstić information content (AvgIpc) is 2.04. The second-order valence-corrected chi connectivity index (χ2v) is 5.82. The summed E-state index contributed by atoms with van der Waals surface area (Å²) in [6, 6.07) is 3.14. The van der Waals surface area contributed by atoms with Crippen molar-refractivity contribution in [3.63, 3.8) is 0 Å². The van der Waals surface area contributed by atoms with Gasteiger partial charge in [0.1, 0.15) is 0 Å². The third-order valence-corrected chi connectivity index (χ3v) is 5.58. The molecule has 0 spiro atoms. The Morgan fingerprint density at radius 1 is 0.909 bits per heavy atom. The van der Waals surface area contributed by atoms with Crippen LogP contribution in [0.15, 0.2) is 0 Å². The fraction of sp³-hybridized carbons (Fsp3) is 1.00. The van der Waals surface area contributed by atoms with Gasteiger partial charge in [0.05, 0.1) is 0 Å². The maximum atomic E-state index is 2.39. The summed E-state index contributed by atoms with van der Waals surface area (Å²) in [6.07, 6.45) is 2.76. The van der Waals surface area contributed by atoms with Crippen LogP contribution in [0.3, 0.4) is 0 Å². The van der Waals surface area contributed by atoms with Gasteiger partial charge < -0.3 is 0 Å². The van der Waals surface area contributed by atoms with Crippen molar-refractivity contribution in [2.45, 2.75) is 52.6 Å². The minimum atomic E-state index is 0.294. The normalized spacial score (nSPS) is 16.4. The molecule has 0 unspecified atom stereocenters. The molecule has 68 valence electrons. The van der Waals surface area contributed by atoms with E-state index in [0.29, 0.717) is 9.52 Å². The predicted molar refractivity (Wildman–Crippen MR) is 57.1 cm³/mol. The third-order valence-electron chi connectivity index (χ3n) is 2.79. The smallest absolute Gasteiger partial charge is 0.0203 e. The van der Waals surface area contributed by atoms with Crippen LogP contribution in [-0.2, 0) is 0 Å². The summed E-state index contributed by atoms with van der Waals surface area (Å²) in [5.74, 6) is 2.01. The van der Waals surface area contributed by atoms with Crippen molar-refractivity contribution in [2.24, 2.45) is 11.8 Å². The summed E-state index contributed by atoms with van der Waals surface area (Å²) in [5, 5.41) is 0. The molecule has 0 aliphatic rings. The first-order chi connectivity index (χ1) is 5.20. The van der Waals surface area contributed by atoms with Gasteiger partial charge in [0.15, 0.2) is 0 Å². The summed E-state index contributed by atoms with van der Waals surface area (Å²) in [7, 11) is 0.294. The standard InChI is InChI=1S/C10H24Si/c1-5-9(3)7-11-8-10(4)6-2/h9-10H,5-8,11H2,1-4H3/t9-,10-/m0/s1. The minimum absolute atomic E-state index is 0.294. The van der Waals surface area contributed by atoms with Crippen molar-refractivity contribution in [3.05, 3.63) is 0 Å². The Morgan fingerprint density at radius 2 is 1.27 bits per heavy atom. The molecule has 0 bridgehead atoms. The predicted octanol–water partition coefficient (Wildman–Crippen LogP) is 3.08. The Morgan fingerprint density at radius 3 is 1.55 bits per heavy atom. The largest absolute Gasteiger partial charge is 0.0651 e. The molecule has 11 heavy (non-hydrogen) atoms. The Balaban J connectivity index is 3.13. The molecule has 0 aromatic heterocycles. The highest BCUT2D eigenvalue weighted by Crippen LogP contribution is 2.12. The van der Waals surface area contributed by atoms with E-state index < -0.39 is 0 Å². The van der Waals surface area contributed by atoms with E-state index in [9.17, 15) is 0 Å². The second kappa shape index (κ2) is 6.90. The lowest BCUT2D eigenvalue weighted by atomic mass is 10.1. The van der Waals surface area contributed by atoms with Crippen molar-refractivity contribution < 1.29 is 0 Å². The highest BCUT2D eigenvalue weighted by atomic mass is 28.2. The summed E-state index contributed by atoms with van der Waals surface area (Å²) >= 11 is 0. The van der Waals surface area contributed by atoms with Crippen molar-refractivity contribution in [1.82, 2.24) is 0 Å². The van der Waals surface area contributed by atoms with E-state index in [1.165, 1.54) is 12.8 Å². The maximum absolute atomic E-state index is 2.39. The van der Waals surface area contributed by atoms with Gasteiger partial charge in [-0.2, -0.15) is 0 Å². The molecule has 0 saturated heterocycles. The maximum Gasteiger partial charge on any atom is 0.0203 e. The van der Waals surface area contributed by atoms with E-state index in [2.05, 4.69) is 27.7 Å². The van der Waals surface area contributed by atoms with E-state index in [-0.39, 0.29) is 0 Å². The van der Waals surface area contributed by atoms with Crippen LogP contribution >= 0.6 is 0 Å². The molecular formula is C10H24Si. The van der Waals surface area contributed by atoms with Crippen molar-refractivity contribution in [2.75, 3.05) is 0 Å². The first-order valence-electron chi connectivity index (χ1n) is 5.20. The lowest BCUT2D eigenvalue weighted by molar-refractivity contribution is 0.599. The fourth-order valence-corrected chi connectivity index (χ4v) is 3.67. The van der Waals surface area contributed by atoms with Crippen molar-refractivity contribution >= 4 is 9.52 Å². The van der Waals surface area contributed by atoms with Gasteiger partial charge >= 0.3 is 0 Å². The van der Waals surface area contributed by atoms with Crippen LogP contribution < -0.4 is 0 Å². The zero-order valence-electron chi connectivity index (χ0n) is 8.69. The lowest BCUT2D eigenvalue weighted by Crippen LogP contribution is -2.02. The topological polar surface area (TPSA) is 0 Å². The molecule has 0 heterocycles. The second-order valence-electron chi connectivity index (χ2n) is 3.96. The average molecular weight is 172 g/mol. The molecule has 0 rings (SSSR count). The van der Waals surface area contributed by atoms with Gasteiger partial charge in [-0.15, -0.1) is 0 Å². The van der Waals surface area contributed by atoms with Crippen molar-refractivity contribution in [1.29, 1.82) is 0 Å². The van der Waals surface area contributed by atoms with Gasteiger partial charge in [0.2, 0.25) is 0 Å². The molecule has 0 fully saturated rings. The monoisotopic (exact) mass is 172 g/mol. The van der Waals surface area contributed by atoms with Gasteiger partial charge in [0, 0.05) is 9.52 Å². The molecule has 0 aromatic rings. The van der Waals surface area contributed by atoms with Crippen LogP contribution in [0.4, 0.5) is 0 Å². The van der Waals surface area contributed by atoms with E-state index >= 15 is 0 Å². The zero-order valence-corrected chi connectivity index (χ0v) is 10.1. The fourth-order valence-electron chi connectivity index (χ4n) is 1.22. The van der Waals surface area contributed by atoms with Gasteiger partial charge in [-0.25, -0.2) is 0 Å². The SMILES string of the molecule is CC[C@H](C)C[SiH2]C[C@@H](C)CC. The molecule has 1 heteroatoms. The quantitative estimate of drug-likeness (QED) is 0.540. The van der Waals surface area contributed by atoms with Crippen molar-refractivity contribution in [3.8, 4) is 0 Å². The van der Waals surface area contributed by atoms with Crippen LogP contribution in [0.25, 0.3) is 0 Å². The molecule has 0 radical (unpaired) electrons. The zero-order chi connectivity index (χ0) is 8.69. The van der Waals surface area contributed by atoms with E-state index in [0.717, 1.165) is 11.8 Å². The van der Waals surface area contributed by atoms with Crippen LogP contribution in [0.2, 0.25) is 12.1 Å². The summed E-state index contributed by atoms with van der Waals surface area (Å²) < 4.78 is 0. The molecule has 0 amide bonds. The van der Waals surface area contributed by atoms with Crippen LogP contribution in [-0.4, -0.2) is 9.52 Å². The van der Waals surface area contributed by atoms with Gasteiger partial charge in [-0.3, -0.25) is 0 Å². The minimum Gasteiger partial charge on any atom is -0.0651 e. The van der Waals surface area contributed by atoms with Crippen LogP contribution in [0, 0.1) is 11.8 Å². The van der Waals surface area contributed by atoms with E-state index in [4.69, 9.17) is 0 Å². The van der Waals surface area contributed by atoms with E-state index in [1.54, 1.807) is 12.1 Å². The first kappa shape index (κ1) is 11.2. The highest BCUT2D eigenvalue weighted by molar-refractivity contribution is 6.35. The molecule has 0 aliphatic heterocycles. The van der Waals surface area contributed by atoms with Gasteiger partial charge in [0.25, 0.3) is 0 Å². The summed E-state index contributed by atoms with van der Waals surface area (Å²) in [5.41, 5.74) is 0. The van der Waals surface area contributed by atoms with Gasteiger partial charge in [-0.05, 0) is 11.8 Å². The Labute approximate surface area is 74.6 Å². The number of rotatable bonds is 6. The summed E-state index contributed by atoms with van der Waals surface area (Å²) in [4.78, 5) is 0. The Bertz CT molecular complexity index is 70.9. The molecule has 0 nitrogen and oxygen atoms in total. The molecule has 0 aromatic carbocycles. The highest BCUT2D eigenvalue weighted by Gasteiger charge is 2.02. The third kappa shape index (κ3) is 6.61. The number of hydrogen-bond acceptors (Lipinski definition) is 0.